The number of hydrogen-bond acceptors (Lipinski definition) is 3. The lowest BCUT2D eigenvalue weighted by atomic mass is 9.98. The van der Waals surface area contributed by atoms with E-state index in [1.54, 1.807) is 7.11 Å². The lowest BCUT2D eigenvalue weighted by Gasteiger charge is -2.30. The molecular weight excluding hydrogens is 226 g/mol. The Bertz CT molecular complexity index is 350. The zero-order valence-electron chi connectivity index (χ0n) is 11.3. The van der Waals surface area contributed by atoms with Crippen LogP contribution in [-0.2, 0) is 11.2 Å². The number of nitrogens with one attached hydrogen (secondary N) is 1. The highest BCUT2D eigenvalue weighted by atomic mass is 16.5. The molecule has 0 aromatic heterocycles. The van der Waals surface area contributed by atoms with Crippen LogP contribution in [0.25, 0.3) is 0 Å². The molecule has 1 heterocycles. The second-order valence-corrected chi connectivity index (χ2v) is 5.01. The smallest absolute Gasteiger partial charge is 0.119 e. The number of benzene rings is 1. The van der Waals surface area contributed by atoms with Gasteiger partial charge in [-0.2, -0.15) is 0 Å². The highest BCUT2D eigenvalue weighted by Gasteiger charge is 2.22. The van der Waals surface area contributed by atoms with E-state index in [0.717, 1.165) is 38.3 Å². The summed E-state index contributed by atoms with van der Waals surface area (Å²) in [6.07, 6.45) is 2.39. The van der Waals surface area contributed by atoms with E-state index in [4.69, 9.17) is 9.47 Å². The van der Waals surface area contributed by atoms with Crippen LogP contribution in [0.2, 0.25) is 0 Å². The number of ether oxygens (including phenoxy) is 2. The summed E-state index contributed by atoms with van der Waals surface area (Å²) in [4.78, 5) is 0. The molecule has 2 atom stereocenters. The maximum absolute atomic E-state index is 6.06. The van der Waals surface area contributed by atoms with Crippen LogP contribution < -0.4 is 10.1 Å². The Balaban J connectivity index is 1.89. The predicted octanol–water partition coefficient (Wildman–Crippen LogP) is 2.25. The fourth-order valence-electron chi connectivity index (χ4n) is 2.29. The minimum absolute atomic E-state index is 0.344. The first-order valence-corrected chi connectivity index (χ1v) is 6.75. The molecule has 0 saturated carbocycles. The van der Waals surface area contributed by atoms with Gasteiger partial charge in [0.25, 0.3) is 0 Å². The van der Waals surface area contributed by atoms with Gasteiger partial charge in [0.15, 0.2) is 0 Å². The van der Waals surface area contributed by atoms with Gasteiger partial charge in [0, 0.05) is 19.6 Å². The van der Waals surface area contributed by atoms with Crippen molar-refractivity contribution in [2.24, 2.45) is 5.92 Å². The van der Waals surface area contributed by atoms with Crippen molar-refractivity contribution in [3.63, 3.8) is 0 Å². The van der Waals surface area contributed by atoms with Gasteiger partial charge < -0.3 is 14.8 Å². The summed E-state index contributed by atoms with van der Waals surface area (Å²) in [6.45, 7) is 5.12. The van der Waals surface area contributed by atoms with E-state index in [1.165, 1.54) is 5.56 Å². The molecule has 2 rings (SSSR count). The van der Waals surface area contributed by atoms with Crippen molar-refractivity contribution in [1.82, 2.24) is 5.32 Å². The summed E-state index contributed by atoms with van der Waals surface area (Å²) in [6, 6.07) is 8.39. The summed E-state index contributed by atoms with van der Waals surface area (Å²) in [5, 5.41) is 3.39. The van der Waals surface area contributed by atoms with E-state index in [9.17, 15) is 0 Å². The molecule has 1 N–H and O–H groups in total. The summed E-state index contributed by atoms with van der Waals surface area (Å²) in [5.74, 6) is 1.56. The summed E-state index contributed by atoms with van der Waals surface area (Å²) < 4.78 is 11.1. The van der Waals surface area contributed by atoms with Gasteiger partial charge in [-0.25, -0.2) is 0 Å². The van der Waals surface area contributed by atoms with Crippen LogP contribution >= 0.6 is 0 Å². The normalized spacial score (nSPS) is 23.9. The molecule has 1 saturated heterocycles. The van der Waals surface area contributed by atoms with E-state index in [0.29, 0.717) is 12.0 Å². The molecular formula is C15H23NO2. The topological polar surface area (TPSA) is 30.5 Å². The molecule has 0 spiro atoms. The highest BCUT2D eigenvalue weighted by Crippen LogP contribution is 2.20. The summed E-state index contributed by atoms with van der Waals surface area (Å²) in [7, 11) is 1.73. The summed E-state index contributed by atoms with van der Waals surface area (Å²) in [5.41, 5.74) is 1.29. The van der Waals surface area contributed by atoms with Crippen molar-refractivity contribution < 1.29 is 9.47 Å². The van der Waals surface area contributed by atoms with Gasteiger partial charge in [-0.1, -0.05) is 19.1 Å². The van der Waals surface area contributed by atoms with Crippen molar-refractivity contribution in [3.8, 4) is 5.75 Å². The Hall–Kier alpha value is -1.06. The van der Waals surface area contributed by atoms with Crippen LogP contribution in [-0.4, -0.2) is 32.9 Å². The molecule has 18 heavy (non-hydrogen) atoms. The minimum Gasteiger partial charge on any atom is -0.490 e. The van der Waals surface area contributed by atoms with Crippen LogP contribution in [0.4, 0.5) is 0 Å². The van der Waals surface area contributed by atoms with Crippen LogP contribution in [0.5, 0.6) is 5.75 Å². The molecule has 100 valence electrons. The predicted molar refractivity (Wildman–Crippen MR) is 73.1 cm³/mol. The first-order chi connectivity index (χ1) is 8.79. The Labute approximate surface area is 109 Å². The first-order valence-electron chi connectivity index (χ1n) is 6.75. The molecule has 2 unspecified atom stereocenters. The van der Waals surface area contributed by atoms with Gasteiger partial charge >= 0.3 is 0 Å². The van der Waals surface area contributed by atoms with Crippen molar-refractivity contribution in [1.29, 1.82) is 0 Å². The molecule has 1 aliphatic rings. The standard InChI is InChI=1S/C15H23NO2/c1-12-11-16-9-7-15(12)18-14-5-3-13(4-6-14)8-10-17-2/h3-6,12,15-16H,7-11H2,1-2H3. The average molecular weight is 249 g/mol. The number of rotatable bonds is 5. The zero-order valence-corrected chi connectivity index (χ0v) is 11.3. The van der Waals surface area contributed by atoms with Gasteiger partial charge in [-0.05, 0) is 37.1 Å². The summed E-state index contributed by atoms with van der Waals surface area (Å²) >= 11 is 0. The second kappa shape index (κ2) is 6.76. The van der Waals surface area contributed by atoms with Gasteiger partial charge in [0.1, 0.15) is 11.9 Å². The molecule has 1 aliphatic heterocycles. The Morgan fingerprint density at radius 1 is 1.28 bits per heavy atom. The highest BCUT2D eigenvalue weighted by molar-refractivity contribution is 5.27. The lowest BCUT2D eigenvalue weighted by Crippen LogP contribution is -2.41. The lowest BCUT2D eigenvalue weighted by molar-refractivity contribution is 0.112. The average Bonchev–Trinajstić information content (AvgIpc) is 2.41. The fraction of sp³-hybridized carbons (Fsp3) is 0.600. The Morgan fingerprint density at radius 3 is 2.72 bits per heavy atom. The van der Waals surface area contributed by atoms with E-state index < -0.39 is 0 Å². The van der Waals surface area contributed by atoms with Gasteiger partial charge in [0.05, 0.1) is 6.61 Å². The maximum Gasteiger partial charge on any atom is 0.119 e. The number of hydrogen-bond donors (Lipinski definition) is 1. The van der Waals surface area contributed by atoms with Crippen molar-refractivity contribution in [2.45, 2.75) is 25.9 Å². The monoisotopic (exact) mass is 249 g/mol. The van der Waals surface area contributed by atoms with Crippen molar-refractivity contribution in [3.05, 3.63) is 29.8 Å². The van der Waals surface area contributed by atoms with E-state index in [1.807, 2.05) is 0 Å². The largest absolute Gasteiger partial charge is 0.490 e. The third kappa shape index (κ3) is 3.72. The van der Waals surface area contributed by atoms with Crippen molar-refractivity contribution >= 4 is 0 Å². The quantitative estimate of drug-likeness (QED) is 0.868. The molecule has 0 bridgehead atoms. The van der Waals surface area contributed by atoms with E-state index in [-0.39, 0.29) is 0 Å². The molecule has 1 aromatic carbocycles. The first kappa shape index (κ1) is 13.4. The molecule has 0 amide bonds. The number of piperidine rings is 1. The van der Waals surface area contributed by atoms with E-state index >= 15 is 0 Å². The second-order valence-electron chi connectivity index (χ2n) is 5.01. The number of methoxy groups -OCH3 is 1. The zero-order chi connectivity index (χ0) is 12.8. The Kier molecular flexibility index (Phi) is 5.02. The maximum atomic E-state index is 6.06. The molecule has 3 heteroatoms. The SMILES string of the molecule is COCCc1ccc(OC2CCNCC2C)cc1. The molecule has 0 radical (unpaired) electrons. The van der Waals surface area contributed by atoms with E-state index in [2.05, 4.69) is 36.5 Å². The van der Waals surface area contributed by atoms with Gasteiger partial charge in [0.2, 0.25) is 0 Å². The molecule has 1 fully saturated rings. The van der Waals surface area contributed by atoms with Gasteiger partial charge in [-0.15, -0.1) is 0 Å². The van der Waals surface area contributed by atoms with Crippen LogP contribution in [0.1, 0.15) is 18.9 Å². The third-order valence-corrected chi connectivity index (χ3v) is 3.51. The van der Waals surface area contributed by atoms with Crippen LogP contribution in [0.3, 0.4) is 0 Å². The molecule has 3 nitrogen and oxygen atoms in total. The third-order valence-electron chi connectivity index (χ3n) is 3.51. The van der Waals surface area contributed by atoms with Crippen molar-refractivity contribution in [2.75, 3.05) is 26.8 Å². The fourth-order valence-corrected chi connectivity index (χ4v) is 2.29. The van der Waals surface area contributed by atoms with Gasteiger partial charge in [-0.3, -0.25) is 0 Å². The molecule has 1 aromatic rings. The van der Waals surface area contributed by atoms with Crippen LogP contribution in [0.15, 0.2) is 24.3 Å². The van der Waals surface area contributed by atoms with Crippen LogP contribution in [0, 0.1) is 5.92 Å². The minimum atomic E-state index is 0.344. The Morgan fingerprint density at radius 2 is 2.06 bits per heavy atom. The molecule has 0 aliphatic carbocycles.